The van der Waals surface area contributed by atoms with Crippen LogP contribution in [0.5, 0.6) is 0 Å². The van der Waals surface area contributed by atoms with Gasteiger partial charge in [0.1, 0.15) is 11.0 Å². The zero-order chi connectivity index (χ0) is 16.0. The molecule has 0 fully saturated rings. The maximum absolute atomic E-state index is 12.0. The van der Waals surface area contributed by atoms with E-state index in [-0.39, 0.29) is 35.5 Å². The van der Waals surface area contributed by atoms with Crippen molar-refractivity contribution in [3.05, 3.63) is 22.8 Å². The monoisotopic (exact) mass is 312 g/mol. The summed E-state index contributed by atoms with van der Waals surface area (Å²) in [6, 6.07) is 3.07. The van der Waals surface area contributed by atoms with E-state index in [9.17, 15) is 9.59 Å². The van der Waals surface area contributed by atoms with Crippen molar-refractivity contribution in [3.8, 4) is 0 Å². The third-order valence-electron chi connectivity index (χ3n) is 2.46. The van der Waals surface area contributed by atoms with Gasteiger partial charge in [-0.2, -0.15) is 0 Å². The average Bonchev–Trinajstić information content (AvgIpc) is 2.35. The van der Waals surface area contributed by atoms with Crippen LogP contribution < -0.4 is 16.0 Å². The van der Waals surface area contributed by atoms with Gasteiger partial charge < -0.3 is 16.0 Å². The van der Waals surface area contributed by atoms with Crippen LogP contribution in [0.4, 0.5) is 5.82 Å². The molecule has 0 aliphatic carbocycles. The highest BCUT2D eigenvalue weighted by Gasteiger charge is 2.14. The Morgan fingerprint density at radius 1 is 1.29 bits per heavy atom. The van der Waals surface area contributed by atoms with E-state index in [0.29, 0.717) is 11.4 Å². The van der Waals surface area contributed by atoms with Crippen molar-refractivity contribution in [2.75, 3.05) is 18.9 Å². The molecule has 0 spiro atoms. The molecule has 0 unspecified atom stereocenters. The van der Waals surface area contributed by atoms with Gasteiger partial charge >= 0.3 is 0 Å². The first kappa shape index (κ1) is 17.2. The molecule has 0 saturated heterocycles. The normalized spacial score (nSPS) is 10.9. The molecule has 0 bridgehead atoms. The molecule has 3 N–H and O–H groups in total. The number of nitrogens with zero attached hydrogens (tertiary/aromatic N) is 1. The fourth-order valence-corrected chi connectivity index (χ4v) is 1.84. The van der Waals surface area contributed by atoms with E-state index in [2.05, 4.69) is 20.9 Å². The third kappa shape index (κ3) is 6.44. The van der Waals surface area contributed by atoms with E-state index in [0.717, 1.165) is 0 Å². The standard InChI is InChI=1S/C14H21ClN4O2/c1-14(2,3)19-12(20)5-6-17-13(21)9-7-10(15)18-11(8-9)16-4/h7-8H,5-6H2,1-4H3,(H,16,18)(H,17,21)(H,19,20). The Bertz CT molecular complexity index is 526. The lowest BCUT2D eigenvalue weighted by Gasteiger charge is -2.20. The SMILES string of the molecule is CNc1cc(C(=O)NCCC(=O)NC(C)(C)C)cc(Cl)n1. The number of hydrogen-bond acceptors (Lipinski definition) is 4. The molecule has 0 aromatic carbocycles. The zero-order valence-corrected chi connectivity index (χ0v) is 13.5. The smallest absolute Gasteiger partial charge is 0.251 e. The Morgan fingerprint density at radius 3 is 2.52 bits per heavy atom. The predicted molar refractivity (Wildman–Crippen MR) is 83.6 cm³/mol. The number of amides is 2. The van der Waals surface area contributed by atoms with Gasteiger partial charge in [0.15, 0.2) is 0 Å². The summed E-state index contributed by atoms with van der Waals surface area (Å²) in [7, 11) is 1.69. The maximum Gasteiger partial charge on any atom is 0.251 e. The van der Waals surface area contributed by atoms with Crippen LogP contribution in [0.15, 0.2) is 12.1 Å². The minimum absolute atomic E-state index is 0.105. The summed E-state index contributed by atoms with van der Waals surface area (Å²) in [4.78, 5) is 27.6. The third-order valence-corrected chi connectivity index (χ3v) is 2.66. The van der Waals surface area contributed by atoms with E-state index in [4.69, 9.17) is 11.6 Å². The van der Waals surface area contributed by atoms with Crippen molar-refractivity contribution in [3.63, 3.8) is 0 Å². The minimum Gasteiger partial charge on any atom is -0.373 e. The van der Waals surface area contributed by atoms with Gasteiger partial charge in [-0.05, 0) is 32.9 Å². The highest BCUT2D eigenvalue weighted by molar-refractivity contribution is 6.29. The molecule has 0 radical (unpaired) electrons. The summed E-state index contributed by atoms with van der Waals surface area (Å²) < 4.78 is 0. The summed E-state index contributed by atoms with van der Waals surface area (Å²) in [5.74, 6) is 0.115. The fraction of sp³-hybridized carbons (Fsp3) is 0.500. The quantitative estimate of drug-likeness (QED) is 0.724. The molecule has 6 nitrogen and oxygen atoms in total. The Labute approximate surface area is 129 Å². The van der Waals surface area contributed by atoms with Crippen molar-refractivity contribution < 1.29 is 9.59 Å². The van der Waals surface area contributed by atoms with Gasteiger partial charge in [0, 0.05) is 31.1 Å². The summed E-state index contributed by atoms with van der Waals surface area (Å²) >= 11 is 5.83. The molecule has 1 aromatic heterocycles. The number of pyridine rings is 1. The van der Waals surface area contributed by atoms with Gasteiger partial charge in [-0.3, -0.25) is 9.59 Å². The highest BCUT2D eigenvalue weighted by Crippen LogP contribution is 2.13. The van der Waals surface area contributed by atoms with Crippen LogP contribution in [-0.2, 0) is 4.79 Å². The molecular weight excluding hydrogens is 292 g/mol. The lowest BCUT2D eigenvalue weighted by Crippen LogP contribution is -2.42. The predicted octanol–water partition coefficient (Wildman–Crippen LogP) is 1.81. The number of nitrogens with one attached hydrogen (secondary N) is 3. The Balaban J connectivity index is 2.51. The fourth-order valence-electron chi connectivity index (χ4n) is 1.63. The molecule has 0 atom stereocenters. The van der Waals surface area contributed by atoms with Crippen molar-refractivity contribution in [2.45, 2.75) is 32.7 Å². The Kier molecular flexibility index (Phi) is 5.96. The second-order valence-electron chi connectivity index (χ2n) is 5.62. The van der Waals surface area contributed by atoms with E-state index in [1.165, 1.54) is 6.07 Å². The summed E-state index contributed by atoms with van der Waals surface area (Å²) in [5, 5.41) is 8.57. The minimum atomic E-state index is -0.292. The Morgan fingerprint density at radius 2 is 1.95 bits per heavy atom. The van der Waals surface area contributed by atoms with Gasteiger partial charge in [0.05, 0.1) is 0 Å². The number of aromatic nitrogens is 1. The lowest BCUT2D eigenvalue weighted by molar-refractivity contribution is -0.122. The van der Waals surface area contributed by atoms with Crippen LogP contribution in [0.2, 0.25) is 5.15 Å². The number of halogens is 1. The van der Waals surface area contributed by atoms with Crippen LogP contribution in [0, 0.1) is 0 Å². The molecule has 116 valence electrons. The van der Waals surface area contributed by atoms with Crippen LogP contribution in [0.1, 0.15) is 37.6 Å². The van der Waals surface area contributed by atoms with Crippen molar-refractivity contribution >= 4 is 29.2 Å². The number of carbonyl (C=O) groups is 2. The molecule has 1 aromatic rings. The zero-order valence-electron chi connectivity index (χ0n) is 12.7. The number of hydrogen-bond donors (Lipinski definition) is 3. The van der Waals surface area contributed by atoms with E-state index < -0.39 is 0 Å². The largest absolute Gasteiger partial charge is 0.373 e. The number of carbonyl (C=O) groups excluding carboxylic acids is 2. The molecular formula is C14H21ClN4O2. The van der Waals surface area contributed by atoms with Crippen molar-refractivity contribution in [1.82, 2.24) is 15.6 Å². The summed E-state index contributed by atoms with van der Waals surface area (Å²) in [6.45, 7) is 5.97. The molecule has 0 aliphatic heterocycles. The second-order valence-corrected chi connectivity index (χ2v) is 6.01. The molecule has 7 heteroatoms. The second kappa shape index (κ2) is 7.26. The van der Waals surface area contributed by atoms with Crippen LogP contribution in [0.3, 0.4) is 0 Å². The summed E-state index contributed by atoms with van der Waals surface area (Å²) in [5.41, 5.74) is 0.122. The topological polar surface area (TPSA) is 83.1 Å². The maximum atomic E-state index is 12.0. The molecule has 21 heavy (non-hydrogen) atoms. The van der Waals surface area contributed by atoms with E-state index in [1.807, 2.05) is 20.8 Å². The van der Waals surface area contributed by atoms with Gasteiger partial charge in [-0.1, -0.05) is 11.6 Å². The lowest BCUT2D eigenvalue weighted by atomic mass is 10.1. The number of anilines is 1. The molecule has 1 rings (SSSR count). The van der Waals surface area contributed by atoms with Gasteiger partial charge in [-0.25, -0.2) is 4.98 Å². The average molecular weight is 313 g/mol. The van der Waals surface area contributed by atoms with E-state index in [1.54, 1.807) is 13.1 Å². The Hall–Kier alpha value is -1.82. The summed E-state index contributed by atoms with van der Waals surface area (Å²) in [6.07, 6.45) is 0.223. The molecule has 0 aliphatic rings. The van der Waals surface area contributed by atoms with Crippen molar-refractivity contribution in [2.24, 2.45) is 0 Å². The molecule has 2 amide bonds. The van der Waals surface area contributed by atoms with Crippen LogP contribution in [-0.4, -0.2) is 35.9 Å². The van der Waals surface area contributed by atoms with Gasteiger partial charge in [0.25, 0.3) is 5.91 Å². The van der Waals surface area contributed by atoms with Gasteiger partial charge in [0.2, 0.25) is 5.91 Å². The first-order valence-electron chi connectivity index (χ1n) is 6.66. The van der Waals surface area contributed by atoms with Crippen LogP contribution in [0.25, 0.3) is 0 Å². The highest BCUT2D eigenvalue weighted by atomic mass is 35.5. The van der Waals surface area contributed by atoms with Crippen LogP contribution >= 0.6 is 11.6 Å². The van der Waals surface area contributed by atoms with Gasteiger partial charge in [-0.15, -0.1) is 0 Å². The van der Waals surface area contributed by atoms with Crippen molar-refractivity contribution in [1.29, 1.82) is 0 Å². The molecule has 1 heterocycles. The van der Waals surface area contributed by atoms with E-state index >= 15 is 0 Å². The number of rotatable bonds is 5. The molecule has 0 saturated carbocycles. The first-order chi connectivity index (χ1) is 9.71. The first-order valence-corrected chi connectivity index (χ1v) is 7.03.